The quantitative estimate of drug-likeness (QED) is 0.514. The van der Waals surface area contributed by atoms with Crippen molar-refractivity contribution in [1.82, 2.24) is 0 Å². The summed E-state index contributed by atoms with van der Waals surface area (Å²) < 4.78 is 0. The van der Waals surface area contributed by atoms with Crippen LogP contribution in [0.4, 0.5) is 0 Å². The first-order valence-corrected chi connectivity index (χ1v) is 4.28. The first-order valence-electron chi connectivity index (χ1n) is 4.28. The second kappa shape index (κ2) is 3.97. The summed E-state index contributed by atoms with van der Waals surface area (Å²) in [7, 11) is 0. The van der Waals surface area contributed by atoms with Gasteiger partial charge in [0.05, 0.1) is 0 Å². The Kier molecular flexibility index (Phi) is 2.94. The van der Waals surface area contributed by atoms with Gasteiger partial charge in [0.2, 0.25) is 0 Å². The van der Waals surface area contributed by atoms with Crippen molar-refractivity contribution in [2.45, 2.75) is 20.3 Å². The highest BCUT2D eigenvalue weighted by molar-refractivity contribution is 5.42. The van der Waals surface area contributed by atoms with Crippen molar-refractivity contribution in [3.05, 3.63) is 35.5 Å². The van der Waals surface area contributed by atoms with Crippen LogP contribution in [-0.2, 0) is 0 Å². The van der Waals surface area contributed by atoms with Gasteiger partial charge in [0, 0.05) is 5.57 Å². The third-order valence-electron chi connectivity index (χ3n) is 1.99. The van der Waals surface area contributed by atoms with Crippen molar-refractivity contribution in [3.8, 4) is 12.3 Å². The van der Waals surface area contributed by atoms with Crippen LogP contribution in [0.2, 0.25) is 0 Å². The van der Waals surface area contributed by atoms with Crippen LogP contribution in [-0.4, -0.2) is 0 Å². The fourth-order valence-corrected chi connectivity index (χ4v) is 1.33. The Morgan fingerprint density at radius 3 is 2.75 bits per heavy atom. The molecule has 0 heteroatoms. The van der Waals surface area contributed by atoms with E-state index in [1.165, 1.54) is 5.57 Å². The van der Waals surface area contributed by atoms with Gasteiger partial charge in [-0.3, -0.25) is 0 Å². The van der Waals surface area contributed by atoms with E-state index < -0.39 is 0 Å². The molecule has 0 spiro atoms. The minimum atomic E-state index is 0.521. The van der Waals surface area contributed by atoms with Crippen molar-refractivity contribution in [3.63, 3.8) is 0 Å². The van der Waals surface area contributed by atoms with Gasteiger partial charge in [-0.2, -0.15) is 0 Å². The molecule has 0 aromatic rings. The van der Waals surface area contributed by atoms with Crippen molar-refractivity contribution in [1.29, 1.82) is 0 Å². The summed E-state index contributed by atoms with van der Waals surface area (Å²) in [5.74, 6) is 3.27. The molecule has 0 aromatic carbocycles. The molecule has 0 nitrogen and oxygen atoms in total. The molecular formula is C12H14. The molecule has 0 heterocycles. The minimum Gasteiger partial charge on any atom is -0.115 e. The highest BCUT2D eigenvalue weighted by atomic mass is 14.1. The van der Waals surface area contributed by atoms with Crippen molar-refractivity contribution in [2.75, 3.05) is 0 Å². The molecule has 12 heavy (non-hydrogen) atoms. The van der Waals surface area contributed by atoms with Gasteiger partial charge in [-0.05, 0) is 17.9 Å². The second-order valence-corrected chi connectivity index (χ2v) is 3.22. The first kappa shape index (κ1) is 8.87. The summed E-state index contributed by atoms with van der Waals surface area (Å²) in [4.78, 5) is 0. The van der Waals surface area contributed by atoms with Crippen LogP contribution < -0.4 is 0 Å². The van der Waals surface area contributed by atoms with Gasteiger partial charge in [-0.1, -0.05) is 44.1 Å². The van der Waals surface area contributed by atoms with Gasteiger partial charge in [0.1, 0.15) is 0 Å². The summed E-state index contributed by atoms with van der Waals surface area (Å²) in [6, 6.07) is 0. The van der Waals surface area contributed by atoms with Crippen molar-refractivity contribution >= 4 is 0 Å². The van der Waals surface area contributed by atoms with Gasteiger partial charge < -0.3 is 0 Å². The molecule has 1 aliphatic carbocycles. The Hall–Kier alpha value is -1.22. The topological polar surface area (TPSA) is 0 Å². The molecule has 0 amide bonds. The predicted octanol–water partition coefficient (Wildman–Crippen LogP) is 3.09. The van der Waals surface area contributed by atoms with E-state index in [-0.39, 0.29) is 0 Å². The molecule has 1 rings (SSSR count). The molecule has 1 aliphatic rings. The second-order valence-electron chi connectivity index (χ2n) is 3.22. The van der Waals surface area contributed by atoms with Crippen LogP contribution in [0.25, 0.3) is 0 Å². The predicted molar refractivity (Wildman–Crippen MR) is 53.6 cm³/mol. The zero-order chi connectivity index (χ0) is 8.97. The van der Waals surface area contributed by atoms with Gasteiger partial charge in [0.15, 0.2) is 0 Å². The molecule has 0 aliphatic heterocycles. The van der Waals surface area contributed by atoms with Gasteiger partial charge in [0.25, 0.3) is 0 Å². The molecule has 0 unspecified atom stereocenters. The molecule has 0 saturated carbocycles. The van der Waals surface area contributed by atoms with Gasteiger partial charge >= 0.3 is 0 Å². The molecule has 0 saturated heterocycles. The van der Waals surface area contributed by atoms with E-state index in [4.69, 9.17) is 6.42 Å². The summed E-state index contributed by atoms with van der Waals surface area (Å²) in [6.45, 7) is 4.34. The smallest absolute Gasteiger partial charge is 0.00899 e. The van der Waals surface area contributed by atoms with E-state index in [0.29, 0.717) is 5.92 Å². The maximum atomic E-state index is 5.43. The molecule has 0 atom stereocenters. The lowest BCUT2D eigenvalue weighted by atomic mass is 9.96. The average molecular weight is 158 g/mol. The Labute approximate surface area is 74.7 Å². The van der Waals surface area contributed by atoms with E-state index in [1.54, 1.807) is 0 Å². The van der Waals surface area contributed by atoms with Crippen LogP contribution in [0.15, 0.2) is 35.5 Å². The van der Waals surface area contributed by atoms with Gasteiger partial charge in [-0.15, -0.1) is 6.42 Å². The molecule has 62 valence electrons. The SMILES string of the molecule is C#CC1=C(C(C)C)C=CC=CC1. The van der Waals surface area contributed by atoms with E-state index in [9.17, 15) is 0 Å². The third-order valence-corrected chi connectivity index (χ3v) is 1.99. The summed E-state index contributed by atoms with van der Waals surface area (Å²) in [5.41, 5.74) is 2.41. The Bertz CT molecular complexity index is 280. The van der Waals surface area contributed by atoms with Gasteiger partial charge in [-0.25, -0.2) is 0 Å². The van der Waals surface area contributed by atoms with Crippen LogP contribution in [0.5, 0.6) is 0 Å². The molecule has 0 aromatic heterocycles. The zero-order valence-corrected chi connectivity index (χ0v) is 7.67. The largest absolute Gasteiger partial charge is 0.115 e. The molecular weight excluding hydrogens is 144 g/mol. The number of allylic oxidation sites excluding steroid dienone is 6. The molecule has 0 fully saturated rings. The first-order chi connectivity index (χ1) is 5.75. The van der Waals surface area contributed by atoms with Crippen LogP contribution in [0.1, 0.15) is 20.3 Å². The monoisotopic (exact) mass is 158 g/mol. The lowest BCUT2D eigenvalue weighted by molar-refractivity contribution is 0.782. The highest BCUT2D eigenvalue weighted by Gasteiger charge is 2.05. The normalized spacial score (nSPS) is 16.5. The highest BCUT2D eigenvalue weighted by Crippen LogP contribution is 2.20. The van der Waals surface area contributed by atoms with E-state index in [0.717, 1.165) is 12.0 Å². The number of hydrogen-bond donors (Lipinski definition) is 0. The Morgan fingerprint density at radius 2 is 2.17 bits per heavy atom. The van der Waals surface area contributed by atoms with E-state index in [2.05, 4.69) is 38.0 Å². The van der Waals surface area contributed by atoms with Crippen LogP contribution in [0, 0.1) is 18.3 Å². The molecule has 0 bridgehead atoms. The minimum absolute atomic E-state index is 0.521. The van der Waals surface area contributed by atoms with E-state index in [1.807, 2.05) is 6.08 Å². The maximum absolute atomic E-state index is 5.43. The summed E-state index contributed by atoms with van der Waals surface area (Å²) in [5, 5.41) is 0. The zero-order valence-electron chi connectivity index (χ0n) is 7.67. The maximum Gasteiger partial charge on any atom is 0.00899 e. The fourth-order valence-electron chi connectivity index (χ4n) is 1.33. The lowest BCUT2D eigenvalue weighted by Gasteiger charge is -2.08. The van der Waals surface area contributed by atoms with Crippen molar-refractivity contribution < 1.29 is 0 Å². The Morgan fingerprint density at radius 1 is 1.42 bits per heavy atom. The number of hydrogen-bond acceptors (Lipinski definition) is 0. The van der Waals surface area contributed by atoms with E-state index >= 15 is 0 Å². The van der Waals surface area contributed by atoms with Crippen molar-refractivity contribution in [2.24, 2.45) is 5.92 Å². The fraction of sp³-hybridized carbons (Fsp3) is 0.333. The summed E-state index contributed by atoms with van der Waals surface area (Å²) >= 11 is 0. The lowest BCUT2D eigenvalue weighted by Crippen LogP contribution is -1.94. The van der Waals surface area contributed by atoms with Crippen LogP contribution >= 0.6 is 0 Å². The summed E-state index contributed by atoms with van der Waals surface area (Å²) in [6.07, 6.45) is 14.6. The van der Waals surface area contributed by atoms with Crippen LogP contribution in [0.3, 0.4) is 0 Å². The average Bonchev–Trinajstić information content (AvgIpc) is 2.27. The Balaban J connectivity index is 3.04. The molecule has 0 N–H and O–H groups in total. The third kappa shape index (κ3) is 1.89. The molecule has 0 radical (unpaired) electrons. The number of rotatable bonds is 1. The standard InChI is InChI=1S/C12H14/c1-4-11-8-6-5-7-9-12(11)10(2)3/h1,5-7,9-10H,8H2,2-3H3. The number of terminal acetylenes is 1.